The topological polar surface area (TPSA) is 3.24 Å². The Kier molecular flexibility index (Phi) is 12.6. The lowest BCUT2D eigenvalue weighted by atomic mass is 9.79. The maximum absolute atomic E-state index is 2.68. The molecule has 6 aliphatic carbocycles. The van der Waals surface area contributed by atoms with E-state index in [2.05, 4.69) is 363 Å². The predicted molar refractivity (Wildman–Crippen MR) is 435 cm³/mol. The summed E-state index contributed by atoms with van der Waals surface area (Å²) < 4.78 is 0. The van der Waals surface area contributed by atoms with Crippen molar-refractivity contribution < 1.29 is 0 Å². The van der Waals surface area contributed by atoms with E-state index in [4.69, 9.17) is 0 Å². The third-order valence-corrected chi connectivity index (χ3v) is 26.2. The van der Waals surface area contributed by atoms with Gasteiger partial charge in [0.1, 0.15) is 0 Å². The minimum absolute atomic E-state index is 0.0770. The van der Waals surface area contributed by atoms with Crippen molar-refractivity contribution in [1.29, 1.82) is 0 Å². The van der Waals surface area contributed by atoms with Crippen LogP contribution in [0.5, 0.6) is 0 Å². The summed E-state index contributed by atoms with van der Waals surface area (Å²) in [6.07, 6.45) is 0. The van der Waals surface area contributed by atoms with Gasteiger partial charge in [-0.05, 0) is 265 Å². The SMILES string of the molecule is Cc1ccc(N(c2ccc(C)cc2-c2ccc3c(c2)C(C)(C)c2cc(-c4ccc5c(c4)C(C)(C)c4ccccc4-5)ccc2-3)c2cc3c(c4ccccc24)-c2cc4c(cc2C3(C)C)-c2ccccc2C4(C)C)c(-c2ccc3c(c2)C(C)(C)c2cc(-c4ccc5c(c4)C(C)(C)c4ccccc4-5)ccc2-3)c1. The van der Waals surface area contributed by atoms with Gasteiger partial charge in [0.05, 0.1) is 17.1 Å². The third kappa shape index (κ3) is 8.43. The van der Waals surface area contributed by atoms with Crippen molar-refractivity contribution in [2.24, 2.45) is 0 Å². The molecule has 498 valence electrons. The standard InChI is InChI=1S/C102H85N/c1-58-31-45-93(77(47-58)64-37-43-73-71-41-35-62(51-86(71)100(9,10)88(73)53-64)60-33-39-69-66-23-17-20-28-81(66)97(3,4)84(69)49-60)103(95-57-92-96(76-27-16-15-26-75(76)95)80-56-90-79(55-91(80)102(92,13)14)68-25-19-22-30-83(68)99(90,7)8)94-46-32-59(2)48-78(94)65-38-44-74-72-42-36-63(52-87(72)101(11,12)89(74)54-65)61-34-40-70-67-24-18-21-29-82(67)98(5,6)85(70)50-61/h15-57H,1-14H3. The number of anilines is 3. The second-order valence-corrected chi connectivity index (χ2v) is 34.1. The van der Waals surface area contributed by atoms with Gasteiger partial charge in [-0.15, -0.1) is 0 Å². The zero-order valence-electron chi connectivity index (χ0n) is 61.8. The number of rotatable bonds is 7. The maximum atomic E-state index is 2.68. The summed E-state index contributed by atoms with van der Waals surface area (Å²) >= 11 is 0. The lowest BCUT2D eigenvalue weighted by molar-refractivity contribution is 0.652. The molecule has 0 fully saturated rings. The summed E-state index contributed by atoms with van der Waals surface area (Å²) in [7, 11) is 0. The van der Waals surface area contributed by atoms with Gasteiger partial charge in [0.25, 0.3) is 0 Å². The van der Waals surface area contributed by atoms with E-state index in [1.54, 1.807) is 0 Å². The van der Waals surface area contributed by atoms with Crippen LogP contribution in [-0.4, -0.2) is 0 Å². The lowest BCUT2D eigenvalue weighted by Gasteiger charge is -2.33. The molecule has 0 radical (unpaired) electrons. The molecule has 1 heteroatoms. The van der Waals surface area contributed by atoms with Gasteiger partial charge < -0.3 is 4.90 Å². The maximum Gasteiger partial charge on any atom is 0.0544 e. The largest absolute Gasteiger partial charge is 0.309 e. The molecule has 14 aromatic rings. The van der Waals surface area contributed by atoms with Gasteiger partial charge in [0, 0.05) is 49.0 Å². The highest BCUT2D eigenvalue weighted by atomic mass is 15.1. The molecule has 6 aliphatic rings. The van der Waals surface area contributed by atoms with Crippen LogP contribution >= 0.6 is 0 Å². The minimum Gasteiger partial charge on any atom is -0.309 e. The Bertz CT molecular complexity index is 5870. The smallest absolute Gasteiger partial charge is 0.0544 e. The minimum atomic E-state index is -0.328. The number of hydrogen-bond donors (Lipinski definition) is 0. The lowest BCUT2D eigenvalue weighted by Crippen LogP contribution is -2.18. The Morgan fingerprint density at radius 1 is 0.184 bits per heavy atom. The fourth-order valence-corrected chi connectivity index (χ4v) is 20.4. The first-order valence-electron chi connectivity index (χ1n) is 37.4. The van der Waals surface area contributed by atoms with Crippen molar-refractivity contribution in [3.05, 3.63) is 339 Å². The quantitative estimate of drug-likeness (QED) is 0.154. The van der Waals surface area contributed by atoms with Gasteiger partial charge in [-0.25, -0.2) is 0 Å². The van der Waals surface area contributed by atoms with Crippen molar-refractivity contribution in [2.75, 3.05) is 4.90 Å². The molecule has 0 heterocycles. The molecule has 20 rings (SSSR count). The molecule has 0 N–H and O–H groups in total. The molecule has 1 nitrogen and oxygen atoms in total. The van der Waals surface area contributed by atoms with Crippen LogP contribution in [-0.2, 0) is 32.5 Å². The van der Waals surface area contributed by atoms with E-state index in [-0.39, 0.29) is 32.5 Å². The van der Waals surface area contributed by atoms with Gasteiger partial charge in [-0.2, -0.15) is 0 Å². The average Bonchev–Trinajstić information content (AvgIpc) is 1.75. The summed E-state index contributed by atoms with van der Waals surface area (Å²) in [6, 6.07) is 102. The van der Waals surface area contributed by atoms with E-state index in [0.29, 0.717) is 0 Å². The Labute approximate surface area is 608 Å². The van der Waals surface area contributed by atoms with Crippen LogP contribution in [0.15, 0.2) is 261 Å². The average molecular weight is 1320 g/mol. The number of hydrogen-bond acceptors (Lipinski definition) is 1. The highest BCUT2D eigenvalue weighted by Crippen LogP contribution is 2.62. The van der Waals surface area contributed by atoms with Crippen LogP contribution in [0.2, 0.25) is 0 Å². The second-order valence-electron chi connectivity index (χ2n) is 34.1. The Balaban J connectivity index is 0.748. The number of aryl methyl sites for hydroxylation is 2. The van der Waals surface area contributed by atoms with Gasteiger partial charge in [0.15, 0.2) is 0 Å². The highest BCUT2D eigenvalue weighted by molar-refractivity contribution is 6.12. The molecule has 0 spiro atoms. The van der Waals surface area contributed by atoms with Gasteiger partial charge >= 0.3 is 0 Å². The zero-order valence-corrected chi connectivity index (χ0v) is 61.8. The van der Waals surface area contributed by atoms with Crippen molar-refractivity contribution >= 4 is 27.8 Å². The zero-order chi connectivity index (χ0) is 70.5. The van der Waals surface area contributed by atoms with Crippen LogP contribution in [0.1, 0.15) is 161 Å². The van der Waals surface area contributed by atoms with Gasteiger partial charge in [-0.3, -0.25) is 0 Å². The van der Waals surface area contributed by atoms with Crippen LogP contribution in [0, 0.1) is 13.8 Å². The van der Waals surface area contributed by atoms with E-state index in [9.17, 15) is 0 Å². The fourth-order valence-electron chi connectivity index (χ4n) is 20.4. The number of benzene rings is 14. The van der Waals surface area contributed by atoms with Crippen molar-refractivity contribution in [3.8, 4) is 111 Å². The first kappa shape index (κ1) is 62.0. The summed E-state index contributed by atoms with van der Waals surface area (Å²) in [4.78, 5) is 2.68. The third-order valence-electron chi connectivity index (χ3n) is 26.2. The number of nitrogens with zero attached hydrogens (tertiary/aromatic N) is 1. The van der Waals surface area contributed by atoms with Crippen LogP contribution in [0.4, 0.5) is 17.1 Å². The molecular weight excluding hydrogens is 1240 g/mol. The second kappa shape index (κ2) is 20.9. The first-order valence-corrected chi connectivity index (χ1v) is 37.4. The van der Waals surface area contributed by atoms with Crippen molar-refractivity contribution in [2.45, 2.75) is 129 Å². The molecule has 0 saturated heterocycles. The summed E-state index contributed by atoms with van der Waals surface area (Å²) in [5.74, 6) is 0. The monoisotopic (exact) mass is 1320 g/mol. The molecule has 0 unspecified atom stereocenters. The molecule has 0 saturated carbocycles. The first-order chi connectivity index (χ1) is 49.4. The predicted octanol–water partition coefficient (Wildman–Crippen LogP) is 27.4. The molecule has 14 aromatic carbocycles. The van der Waals surface area contributed by atoms with E-state index < -0.39 is 0 Å². The van der Waals surface area contributed by atoms with Crippen LogP contribution < -0.4 is 4.90 Å². The summed E-state index contributed by atoms with van der Waals surface area (Å²) in [5, 5.41) is 2.50. The normalized spacial score (nSPS) is 16.3. The Morgan fingerprint density at radius 2 is 0.466 bits per heavy atom. The molecule has 103 heavy (non-hydrogen) atoms. The van der Waals surface area contributed by atoms with Gasteiger partial charge in [0.2, 0.25) is 0 Å². The molecule has 0 bridgehead atoms. The van der Waals surface area contributed by atoms with E-state index in [1.807, 2.05) is 0 Å². The van der Waals surface area contributed by atoms with E-state index in [1.165, 1.54) is 206 Å². The summed E-state index contributed by atoms with van der Waals surface area (Å²) in [6.45, 7) is 33.7. The van der Waals surface area contributed by atoms with Gasteiger partial charge in [-0.1, -0.05) is 276 Å². The molecular formula is C102H85N. The van der Waals surface area contributed by atoms with E-state index in [0.717, 1.165) is 11.4 Å². The Hall–Kier alpha value is -10.9. The van der Waals surface area contributed by atoms with Crippen LogP contribution in [0.25, 0.3) is 122 Å². The summed E-state index contributed by atoms with van der Waals surface area (Å²) in [5.41, 5.74) is 47.4. The van der Waals surface area contributed by atoms with Crippen molar-refractivity contribution in [1.82, 2.24) is 0 Å². The molecule has 0 aliphatic heterocycles. The fraction of sp³-hybridized carbons (Fsp3) is 0.196. The highest BCUT2D eigenvalue weighted by Gasteiger charge is 2.45. The number of fused-ring (bicyclic) bond motifs is 20. The molecule has 0 amide bonds. The molecule has 0 aromatic heterocycles. The van der Waals surface area contributed by atoms with Crippen molar-refractivity contribution in [3.63, 3.8) is 0 Å². The van der Waals surface area contributed by atoms with Crippen LogP contribution in [0.3, 0.4) is 0 Å². The van der Waals surface area contributed by atoms with E-state index >= 15 is 0 Å². The molecule has 0 atom stereocenters. The Morgan fingerprint density at radius 3 is 0.864 bits per heavy atom.